The van der Waals surface area contributed by atoms with Crippen molar-refractivity contribution in [2.24, 2.45) is 0 Å². The fourth-order valence-electron chi connectivity index (χ4n) is 7.35. The van der Waals surface area contributed by atoms with Gasteiger partial charge in [0.05, 0.1) is 0 Å². The van der Waals surface area contributed by atoms with E-state index in [1.54, 1.807) is 0 Å². The zero-order valence-corrected chi connectivity index (χ0v) is 23.8. The molecule has 0 amide bonds. The van der Waals surface area contributed by atoms with Crippen LogP contribution in [0.25, 0.3) is 88.0 Å². The normalized spacial score (nSPS) is 11.8. The molecule has 0 N–H and O–H groups in total. The van der Waals surface area contributed by atoms with Crippen LogP contribution in [0.5, 0.6) is 0 Å². The maximum absolute atomic E-state index is 4.57. The van der Waals surface area contributed by atoms with Crippen LogP contribution in [0.4, 0.5) is 0 Å². The predicted octanol–water partition coefficient (Wildman–Crippen LogP) is 11.5. The molecule has 43 heavy (non-hydrogen) atoms. The lowest BCUT2D eigenvalue weighted by molar-refractivity contribution is 1.22. The van der Waals surface area contributed by atoms with Gasteiger partial charge in [-0.25, -0.2) is 0 Å². The number of hydrogen-bond acceptors (Lipinski definition) is 1. The average molecular weight is 546 g/mol. The van der Waals surface area contributed by atoms with Crippen molar-refractivity contribution >= 4 is 32.3 Å². The predicted molar refractivity (Wildman–Crippen MR) is 182 cm³/mol. The van der Waals surface area contributed by atoms with E-state index in [1.165, 1.54) is 88.0 Å². The van der Waals surface area contributed by atoms with Crippen molar-refractivity contribution in [3.63, 3.8) is 0 Å². The zero-order valence-electron chi connectivity index (χ0n) is 23.8. The Morgan fingerprint density at radius 3 is 1.58 bits per heavy atom. The van der Waals surface area contributed by atoms with E-state index >= 15 is 0 Å². The Morgan fingerprint density at radius 1 is 0.395 bits per heavy atom. The van der Waals surface area contributed by atoms with Crippen molar-refractivity contribution in [3.8, 4) is 55.6 Å². The standard InChI is InChI=1S/C42H27N/c1-26-24-37-29(25-43-26)16-10-19-30(37)31-22-23-36-40-32(31)20-11-21-35(40)41-38(27-12-4-2-5-13-27)33-17-8-9-18-34(33)39(42(36)41)28-14-6-3-7-15-28/h2-25H,1H3. The van der Waals surface area contributed by atoms with Gasteiger partial charge in [0.1, 0.15) is 0 Å². The number of benzene rings is 7. The Bertz CT molecular complexity index is 2290. The summed E-state index contributed by atoms with van der Waals surface area (Å²) in [7, 11) is 0. The zero-order chi connectivity index (χ0) is 28.5. The Balaban J connectivity index is 1.46. The molecule has 1 heterocycles. The van der Waals surface area contributed by atoms with Crippen LogP contribution in [0.3, 0.4) is 0 Å². The van der Waals surface area contributed by atoms with E-state index < -0.39 is 0 Å². The minimum Gasteiger partial charge on any atom is -0.261 e. The van der Waals surface area contributed by atoms with Gasteiger partial charge in [0.25, 0.3) is 0 Å². The molecule has 1 nitrogen and oxygen atoms in total. The Hall–Kier alpha value is -5.53. The smallest absolute Gasteiger partial charge is 0.0379 e. The summed E-state index contributed by atoms with van der Waals surface area (Å²) in [4.78, 5) is 4.57. The molecule has 0 bridgehead atoms. The second kappa shape index (κ2) is 9.24. The van der Waals surface area contributed by atoms with E-state index in [0.29, 0.717) is 0 Å². The summed E-state index contributed by atoms with van der Waals surface area (Å²) in [5.74, 6) is 0. The molecule has 0 saturated carbocycles. The third-order valence-corrected chi connectivity index (χ3v) is 9.11. The van der Waals surface area contributed by atoms with Crippen molar-refractivity contribution in [2.45, 2.75) is 6.92 Å². The summed E-state index contributed by atoms with van der Waals surface area (Å²) in [5.41, 5.74) is 13.9. The molecular formula is C42H27N. The number of aromatic nitrogens is 1. The Morgan fingerprint density at radius 2 is 0.907 bits per heavy atom. The van der Waals surface area contributed by atoms with Crippen LogP contribution in [0, 0.1) is 6.92 Å². The first-order valence-electron chi connectivity index (χ1n) is 14.9. The van der Waals surface area contributed by atoms with Crippen molar-refractivity contribution in [1.29, 1.82) is 0 Å². The molecule has 7 aromatic carbocycles. The minimum absolute atomic E-state index is 1.03. The van der Waals surface area contributed by atoms with Gasteiger partial charge in [-0.3, -0.25) is 4.98 Å². The van der Waals surface area contributed by atoms with E-state index in [9.17, 15) is 0 Å². The molecule has 1 heteroatoms. The lowest BCUT2D eigenvalue weighted by Crippen LogP contribution is -1.93. The summed E-state index contributed by atoms with van der Waals surface area (Å²) in [6.45, 7) is 2.07. The molecule has 1 aliphatic carbocycles. The Kier molecular flexibility index (Phi) is 5.18. The lowest BCUT2D eigenvalue weighted by Gasteiger charge is -2.20. The number of pyridine rings is 1. The average Bonchev–Trinajstić information content (AvgIpc) is 3.39. The maximum Gasteiger partial charge on any atom is 0.0379 e. The highest BCUT2D eigenvalue weighted by Gasteiger charge is 2.31. The van der Waals surface area contributed by atoms with E-state index in [0.717, 1.165) is 5.69 Å². The molecule has 0 atom stereocenters. The highest BCUT2D eigenvalue weighted by atomic mass is 14.7. The van der Waals surface area contributed by atoms with Gasteiger partial charge in [0.15, 0.2) is 0 Å². The van der Waals surface area contributed by atoms with Crippen molar-refractivity contribution < 1.29 is 0 Å². The summed E-state index contributed by atoms with van der Waals surface area (Å²) in [6.07, 6.45) is 1.99. The lowest BCUT2D eigenvalue weighted by atomic mass is 9.82. The van der Waals surface area contributed by atoms with E-state index in [2.05, 4.69) is 151 Å². The van der Waals surface area contributed by atoms with E-state index in [-0.39, 0.29) is 0 Å². The fourth-order valence-corrected chi connectivity index (χ4v) is 7.35. The molecular weight excluding hydrogens is 518 g/mol. The molecule has 0 radical (unpaired) electrons. The second-order valence-corrected chi connectivity index (χ2v) is 11.5. The van der Waals surface area contributed by atoms with Crippen LogP contribution in [-0.4, -0.2) is 4.98 Å². The van der Waals surface area contributed by atoms with E-state index in [4.69, 9.17) is 0 Å². The van der Waals surface area contributed by atoms with Crippen LogP contribution in [0.2, 0.25) is 0 Å². The summed E-state index contributed by atoms with van der Waals surface area (Å²) >= 11 is 0. The van der Waals surface area contributed by atoms with Crippen LogP contribution in [0.15, 0.2) is 146 Å². The number of rotatable bonds is 3. The van der Waals surface area contributed by atoms with Gasteiger partial charge in [-0.15, -0.1) is 0 Å². The number of fused-ring (bicyclic) bond motifs is 5. The monoisotopic (exact) mass is 545 g/mol. The van der Waals surface area contributed by atoms with Crippen LogP contribution >= 0.6 is 0 Å². The largest absolute Gasteiger partial charge is 0.261 e. The molecule has 0 unspecified atom stereocenters. The second-order valence-electron chi connectivity index (χ2n) is 11.5. The topological polar surface area (TPSA) is 12.9 Å². The third kappa shape index (κ3) is 3.49. The number of aryl methyl sites for hydroxylation is 1. The maximum atomic E-state index is 4.57. The molecule has 200 valence electrons. The van der Waals surface area contributed by atoms with Crippen LogP contribution in [0.1, 0.15) is 5.69 Å². The number of nitrogens with zero attached hydrogens (tertiary/aromatic N) is 1. The molecule has 0 aliphatic heterocycles. The third-order valence-electron chi connectivity index (χ3n) is 9.11. The van der Waals surface area contributed by atoms with Gasteiger partial charge in [-0.05, 0) is 95.6 Å². The van der Waals surface area contributed by atoms with Crippen molar-refractivity contribution in [3.05, 3.63) is 151 Å². The summed E-state index contributed by atoms with van der Waals surface area (Å²) < 4.78 is 0. The first kappa shape index (κ1) is 24.1. The molecule has 9 rings (SSSR count). The minimum atomic E-state index is 1.03. The Labute approximate surface area is 250 Å². The highest BCUT2D eigenvalue weighted by Crippen LogP contribution is 2.58. The van der Waals surface area contributed by atoms with E-state index in [1.807, 2.05) is 6.20 Å². The SMILES string of the molecule is Cc1cc2c(-c3ccc4c5c(cccc35)-c3c-4c(-c4ccccc4)c4ccccc4c3-c3ccccc3)cccc2cn1. The van der Waals surface area contributed by atoms with Gasteiger partial charge >= 0.3 is 0 Å². The van der Waals surface area contributed by atoms with Gasteiger partial charge < -0.3 is 0 Å². The van der Waals surface area contributed by atoms with Gasteiger partial charge in [0, 0.05) is 17.3 Å². The number of hydrogen-bond donors (Lipinski definition) is 0. The molecule has 0 saturated heterocycles. The first-order valence-corrected chi connectivity index (χ1v) is 14.9. The molecule has 0 spiro atoms. The summed E-state index contributed by atoms with van der Waals surface area (Å²) in [6, 6.07) is 51.2. The molecule has 1 aliphatic rings. The fraction of sp³-hybridized carbons (Fsp3) is 0.0238. The molecule has 8 aromatic rings. The van der Waals surface area contributed by atoms with Crippen LogP contribution in [-0.2, 0) is 0 Å². The quantitative estimate of drug-likeness (QED) is 0.215. The van der Waals surface area contributed by atoms with Crippen molar-refractivity contribution in [1.82, 2.24) is 4.98 Å². The summed E-state index contributed by atoms with van der Waals surface area (Å²) in [5, 5.41) is 7.60. The first-order chi connectivity index (χ1) is 21.3. The van der Waals surface area contributed by atoms with Gasteiger partial charge in [0.2, 0.25) is 0 Å². The van der Waals surface area contributed by atoms with Gasteiger partial charge in [-0.2, -0.15) is 0 Å². The molecule has 1 aromatic heterocycles. The van der Waals surface area contributed by atoms with Crippen LogP contribution < -0.4 is 0 Å². The molecule has 0 fully saturated rings. The highest BCUT2D eigenvalue weighted by molar-refractivity contribution is 6.29. The van der Waals surface area contributed by atoms with Crippen molar-refractivity contribution in [2.75, 3.05) is 0 Å². The van der Waals surface area contributed by atoms with Gasteiger partial charge in [-0.1, -0.05) is 133 Å².